The quantitative estimate of drug-likeness (QED) is 0.206. The molecule has 0 aliphatic rings. The standard InChI is InChI=1S/C24H18F5N3O3S/c1-2-34-23(33)16-9-30-32(10-16)11-22-31-21(13-36-22)15-5-17(24(27,28)29)7-19(6-15)35-12-14-3-4-18(25)8-20(14)26/h3-10,13H,2,11-12H2,1H3. The fourth-order valence-corrected chi connectivity index (χ4v) is 4.01. The van der Waals surface area contributed by atoms with Gasteiger partial charge in [0, 0.05) is 28.8 Å². The highest BCUT2D eigenvalue weighted by atomic mass is 32.1. The molecule has 6 nitrogen and oxygen atoms in total. The zero-order chi connectivity index (χ0) is 25.9. The van der Waals surface area contributed by atoms with Crippen molar-refractivity contribution in [1.29, 1.82) is 0 Å². The van der Waals surface area contributed by atoms with Crippen LogP contribution in [0.3, 0.4) is 0 Å². The van der Waals surface area contributed by atoms with Crippen LogP contribution in [-0.4, -0.2) is 27.3 Å². The molecule has 0 unspecified atom stereocenters. The Morgan fingerprint density at radius 3 is 2.67 bits per heavy atom. The minimum absolute atomic E-state index is 0.00674. The maximum absolute atomic E-state index is 13.9. The first-order chi connectivity index (χ1) is 17.1. The number of rotatable bonds is 8. The lowest BCUT2D eigenvalue weighted by Gasteiger charge is -2.13. The molecule has 2 heterocycles. The van der Waals surface area contributed by atoms with Crippen LogP contribution in [0.25, 0.3) is 11.3 Å². The smallest absolute Gasteiger partial charge is 0.416 e. The predicted molar refractivity (Wildman–Crippen MR) is 121 cm³/mol. The van der Waals surface area contributed by atoms with Crippen molar-refractivity contribution in [3.63, 3.8) is 0 Å². The number of hydrogen-bond donors (Lipinski definition) is 0. The maximum atomic E-state index is 13.9. The van der Waals surface area contributed by atoms with Crippen molar-refractivity contribution >= 4 is 17.3 Å². The number of aromatic nitrogens is 3. The van der Waals surface area contributed by atoms with Gasteiger partial charge in [0.05, 0.1) is 36.2 Å². The summed E-state index contributed by atoms with van der Waals surface area (Å²) in [5.41, 5.74) is -0.278. The van der Waals surface area contributed by atoms with Gasteiger partial charge in [-0.25, -0.2) is 18.6 Å². The molecule has 0 radical (unpaired) electrons. The van der Waals surface area contributed by atoms with Gasteiger partial charge in [-0.1, -0.05) is 0 Å². The van der Waals surface area contributed by atoms with Gasteiger partial charge < -0.3 is 9.47 Å². The molecule has 0 saturated carbocycles. The number of benzene rings is 2. The Bertz CT molecular complexity index is 1380. The van der Waals surface area contributed by atoms with E-state index in [1.165, 1.54) is 34.5 Å². The summed E-state index contributed by atoms with van der Waals surface area (Å²) in [6.45, 7) is 1.71. The lowest BCUT2D eigenvalue weighted by atomic mass is 10.1. The van der Waals surface area contributed by atoms with Gasteiger partial charge in [0.1, 0.15) is 29.0 Å². The number of hydrogen-bond acceptors (Lipinski definition) is 6. The Labute approximate surface area is 205 Å². The number of carbonyl (C=O) groups is 1. The third-order valence-corrected chi connectivity index (χ3v) is 5.77. The second-order valence-corrected chi connectivity index (χ2v) is 8.48. The maximum Gasteiger partial charge on any atom is 0.416 e. The van der Waals surface area contributed by atoms with Crippen LogP contribution in [0.4, 0.5) is 22.0 Å². The number of esters is 1. The van der Waals surface area contributed by atoms with E-state index in [4.69, 9.17) is 9.47 Å². The van der Waals surface area contributed by atoms with Crippen molar-refractivity contribution in [3.05, 3.63) is 87.5 Å². The van der Waals surface area contributed by atoms with Gasteiger partial charge >= 0.3 is 12.1 Å². The summed E-state index contributed by atoms with van der Waals surface area (Å²) in [5, 5.41) is 6.21. The van der Waals surface area contributed by atoms with Gasteiger partial charge in [0.25, 0.3) is 0 Å². The molecule has 0 saturated heterocycles. The van der Waals surface area contributed by atoms with Crippen molar-refractivity contribution in [2.45, 2.75) is 26.3 Å². The predicted octanol–water partition coefficient (Wildman–Crippen LogP) is 6.11. The molecule has 0 fully saturated rings. The first-order valence-electron chi connectivity index (χ1n) is 10.6. The van der Waals surface area contributed by atoms with Crippen LogP contribution < -0.4 is 4.74 Å². The number of thiazole rings is 1. The van der Waals surface area contributed by atoms with Crippen LogP contribution in [0.15, 0.2) is 54.2 Å². The Morgan fingerprint density at radius 1 is 1.14 bits per heavy atom. The largest absolute Gasteiger partial charge is 0.489 e. The van der Waals surface area contributed by atoms with E-state index < -0.39 is 36.0 Å². The van der Waals surface area contributed by atoms with Gasteiger partial charge in [0.15, 0.2) is 0 Å². The van der Waals surface area contributed by atoms with Crippen molar-refractivity contribution in [2.24, 2.45) is 0 Å². The molecule has 0 spiro atoms. The van der Waals surface area contributed by atoms with Gasteiger partial charge in [-0.05, 0) is 37.3 Å². The molecule has 2 aromatic heterocycles. The van der Waals surface area contributed by atoms with Crippen LogP contribution in [0.1, 0.15) is 33.4 Å². The lowest BCUT2D eigenvalue weighted by Crippen LogP contribution is -2.06. The van der Waals surface area contributed by atoms with E-state index in [1.807, 2.05) is 0 Å². The van der Waals surface area contributed by atoms with Gasteiger partial charge in [0.2, 0.25) is 0 Å². The molecule has 0 N–H and O–H groups in total. The molecule has 4 aromatic rings. The van der Waals surface area contributed by atoms with Crippen LogP contribution in [0.5, 0.6) is 5.75 Å². The van der Waals surface area contributed by atoms with Gasteiger partial charge in [-0.2, -0.15) is 18.3 Å². The van der Waals surface area contributed by atoms with Crippen LogP contribution >= 0.6 is 11.3 Å². The molecule has 0 aliphatic carbocycles. The van der Waals surface area contributed by atoms with E-state index in [1.54, 1.807) is 12.3 Å². The molecular weight excluding hydrogens is 505 g/mol. The zero-order valence-corrected chi connectivity index (χ0v) is 19.5. The Hall–Kier alpha value is -3.80. The fourth-order valence-electron chi connectivity index (χ4n) is 3.22. The topological polar surface area (TPSA) is 66.2 Å². The number of halogens is 5. The number of ether oxygens (including phenoxy) is 2. The highest BCUT2D eigenvalue weighted by molar-refractivity contribution is 7.09. The third-order valence-electron chi connectivity index (χ3n) is 4.93. The van der Waals surface area contributed by atoms with E-state index in [0.717, 1.165) is 24.3 Å². The molecule has 0 aliphatic heterocycles. The fraction of sp³-hybridized carbons (Fsp3) is 0.208. The van der Waals surface area contributed by atoms with Gasteiger partial charge in [-0.15, -0.1) is 11.3 Å². The van der Waals surface area contributed by atoms with E-state index >= 15 is 0 Å². The van der Waals surface area contributed by atoms with E-state index in [0.29, 0.717) is 11.1 Å². The SMILES string of the molecule is CCOC(=O)c1cnn(Cc2nc(-c3cc(OCc4ccc(F)cc4F)cc(C(F)(F)F)c3)cs2)c1. The highest BCUT2D eigenvalue weighted by Gasteiger charge is 2.32. The van der Waals surface area contributed by atoms with Crippen molar-refractivity contribution in [2.75, 3.05) is 6.61 Å². The van der Waals surface area contributed by atoms with Crippen molar-refractivity contribution in [3.8, 4) is 17.0 Å². The monoisotopic (exact) mass is 523 g/mol. The normalized spacial score (nSPS) is 11.5. The van der Waals surface area contributed by atoms with Crippen LogP contribution in [-0.2, 0) is 24.1 Å². The average Bonchev–Trinajstić information content (AvgIpc) is 3.48. The van der Waals surface area contributed by atoms with Crippen LogP contribution in [0, 0.1) is 11.6 Å². The summed E-state index contributed by atoms with van der Waals surface area (Å²) in [7, 11) is 0. The number of nitrogens with zero attached hydrogens (tertiary/aromatic N) is 3. The third kappa shape index (κ3) is 6.06. The Kier molecular flexibility index (Phi) is 7.34. The first kappa shape index (κ1) is 25.3. The summed E-state index contributed by atoms with van der Waals surface area (Å²) in [6.07, 6.45) is -1.82. The van der Waals surface area contributed by atoms with Gasteiger partial charge in [-0.3, -0.25) is 4.68 Å². The summed E-state index contributed by atoms with van der Waals surface area (Å²) >= 11 is 1.20. The zero-order valence-electron chi connectivity index (χ0n) is 18.7. The second kappa shape index (κ2) is 10.4. The molecule has 0 amide bonds. The number of alkyl halides is 3. The summed E-state index contributed by atoms with van der Waals surface area (Å²) in [5.74, 6) is -2.30. The van der Waals surface area contributed by atoms with E-state index in [2.05, 4.69) is 10.1 Å². The van der Waals surface area contributed by atoms with Crippen LogP contribution in [0.2, 0.25) is 0 Å². The molecule has 0 bridgehead atoms. The summed E-state index contributed by atoms with van der Waals surface area (Å²) < 4.78 is 79.4. The minimum atomic E-state index is -4.66. The molecule has 4 rings (SSSR count). The molecular formula is C24H18F5N3O3S. The molecule has 0 atom stereocenters. The molecule has 188 valence electrons. The number of carbonyl (C=O) groups excluding carboxylic acids is 1. The average molecular weight is 523 g/mol. The van der Waals surface area contributed by atoms with E-state index in [9.17, 15) is 26.7 Å². The summed E-state index contributed by atoms with van der Waals surface area (Å²) in [6, 6.07) is 5.97. The highest BCUT2D eigenvalue weighted by Crippen LogP contribution is 2.36. The minimum Gasteiger partial charge on any atom is -0.489 e. The van der Waals surface area contributed by atoms with E-state index in [-0.39, 0.29) is 41.3 Å². The van der Waals surface area contributed by atoms with Crippen molar-refractivity contribution in [1.82, 2.24) is 14.8 Å². The molecule has 36 heavy (non-hydrogen) atoms. The molecule has 2 aromatic carbocycles. The van der Waals surface area contributed by atoms with Crippen molar-refractivity contribution < 1.29 is 36.2 Å². The second-order valence-electron chi connectivity index (χ2n) is 7.54. The Morgan fingerprint density at radius 2 is 1.94 bits per heavy atom. The Balaban J connectivity index is 1.55. The first-order valence-corrected chi connectivity index (χ1v) is 11.4. The summed E-state index contributed by atoms with van der Waals surface area (Å²) in [4.78, 5) is 16.2. The molecule has 12 heteroatoms. The lowest BCUT2D eigenvalue weighted by molar-refractivity contribution is -0.137.